The molecule has 9 heteroatoms. The first-order chi connectivity index (χ1) is 12.3. The van der Waals surface area contributed by atoms with Gasteiger partial charge in [-0.15, -0.1) is 13.2 Å². The van der Waals surface area contributed by atoms with Crippen LogP contribution in [0.25, 0.3) is 0 Å². The highest BCUT2D eigenvalue weighted by Crippen LogP contribution is 2.25. The van der Waals surface area contributed by atoms with Crippen molar-refractivity contribution >= 4 is 11.7 Å². The van der Waals surface area contributed by atoms with Gasteiger partial charge in [-0.1, -0.05) is 18.2 Å². The minimum Gasteiger partial charge on any atom is -0.496 e. The van der Waals surface area contributed by atoms with Crippen LogP contribution in [0.1, 0.15) is 11.7 Å². The number of aliphatic hydroxyl groups is 1. The maximum atomic E-state index is 12.1. The average Bonchev–Trinajstić information content (AvgIpc) is 2.60. The second kappa shape index (κ2) is 8.43. The van der Waals surface area contributed by atoms with Gasteiger partial charge in [-0.05, 0) is 30.3 Å². The van der Waals surface area contributed by atoms with Gasteiger partial charge in [0, 0.05) is 17.8 Å². The van der Waals surface area contributed by atoms with Crippen LogP contribution in [0.5, 0.6) is 11.5 Å². The predicted octanol–water partition coefficient (Wildman–Crippen LogP) is 3.45. The van der Waals surface area contributed by atoms with E-state index in [0.29, 0.717) is 11.3 Å². The van der Waals surface area contributed by atoms with E-state index in [4.69, 9.17) is 4.74 Å². The summed E-state index contributed by atoms with van der Waals surface area (Å²) in [6.07, 6.45) is -5.76. The number of hydrogen-bond donors (Lipinski definition) is 3. The van der Waals surface area contributed by atoms with Crippen LogP contribution in [-0.4, -0.2) is 31.2 Å². The number of aliphatic hydroxyl groups excluding tert-OH is 1. The van der Waals surface area contributed by atoms with E-state index in [-0.39, 0.29) is 12.2 Å². The molecule has 0 unspecified atom stereocenters. The van der Waals surface area contributed by atoms with Gasteiger partial charge in [-0.25, -0.2) is 4.79 Å². The summed E-state index contributed by atoms with van der Waals surface area (Å²) in [5, 5.41) is 15.1. The van der Waals surface area contributed by atoms with Crippen LogP contribution in [0.3, 0.4) is 0 Å². The number of carbonyl (C=O) groups is 1. The van der Waals surface area contributed by atoms with Crippen molar-refractivity contribution in [3.05, 3.63) is 54.1 Å². The highest BCUT2D eigenvalue weighted by atomic mass is 19.4. The number of anilines is 1. The lowest BCUT2D eigenvalue weighted by Crippen LogP contribution is -2.32. The molecular weight excluding hydrogens is 353 g/mol. The lowest BCUT2D eigenvalue weighted by molar-refractivity contribution is -0.274. The van der Waals surface area contributed by atoms with Gasteiger partial charge in [-0.2, -0.15) is 0 Å². The molecule has 6 nitrogen and oxygen atoms in total. The quantitative estimate of drug-likeness (QED) is 0.728. The number of alkyl halides is 3. The average molecular weight is 370 g/mol. The number of benzene rings is 2. The molecular formula is C17H17F3N2O4. The van der Waals surface area contributed by atoms with E-state index >= 15 is 0 Å². The maximum absolute atomic E-state index is 12.1. The van der Waals surface area contributed by atoms with E-state index in [2.05, 4.69) is 15.4 Å². The monoisotopic (exact) mass is 370 g/mol. The summed E-state index contributed by atoms with van der Waals surface area (Å²) in [5.74, 6) is 0.0949. The molecule has 2 aromatic rings. The highest BCUT2D eigenvalue weighted by Gasteiger charge is 2.30. The maximum Gasteiger partial charge on any atom is 0.573 e. The molecule has 0 spiro atoms. The Morgan fingerprint density at radius 1 is 1.15 bits per heavy atom. The lowest BCUT2D eigenvalue weighted by Gasteiger charge is -2.16. The number of amides is 2. The van der Waals surface area contributed by atoms with Crippen molar-refractivity contribution in [1.82, 2.24) is 5.32 Å². The van der Waals surface area contributed by atoms with Crippen molar-refractivity contribution in [2.24, 2.45) is 0 Å². The molecule has 0 saturated heterocycles. The van der Waals surface area contributed by atoms with Crippen LogP contribution < -0.4 is 20.1 Å². The number of para-hydroxylation sites is 1. The number of ether oxygens (including phenoxy) is 2. The lowest BCUT2D eigenvalue weighted by atomic mass is 10.1. The number of halogens is 3. The first-order valence-corrected chi connectivity index (χ1v) is 7.50. The van der Waals surface area contributed by atoms with Gasteiger partial charge in [0.25, 0.3) is 0 Å². The second-order valence-corrected chi connectivity index (χ2v) is 5.16. The fourth-order valence-corrected chi connectivity index (χ4v) is 2.16. The van der Waals surface area contributed by atoms with Crippen molar-refractivity contribution in [3.63, 3.8) is 0 Å². The SMILES string of the molecule is COc1ccccc1[C@H](O)CNC(=O)Nc1ccc(OC(F)(F)F)cc1. The van der Waals surface area contributed by atoms with Crippen molar-refractivity contribution in [1.29, 1.82) is 0 Å². The van der Waals surface area contributed by atoms with Gasteiger partial charge >= 0.3 is 12.4 Å². The van der Waals surface area contributed by atoms with Crippen molar-refractivity contribution in [2.45, 2.75) is 12.5 Å². The summed E-state index contributed by atoms with van der Waals surface area (Å²) in [7, 11) is 1.47. The Labute approximate surface area is 147 Å². The summed E-state index contributed by atoms with van der Waals surface area (Å²) >= 11 is 0. The Kier molecular flexibility index (Phi) is 6.29. The first-order valence-electron chi connectivity index (χ1n) is 7.50. The molecule has 0 radical (unpaired) electrons. The number of carbonyl (C=O) groups excluding carboxylic acids is 1. The molecule has 26 heavy (non-hydrogen) atoms. The summed E-state index contributed by atoms with van der Waals surface area (Å²) in [6, 6.07) is 10.9. The van der Waals surface area contributed by atoms with Crippen LogP contribution in [0.15, 0.2) is 48.5 Å². The minimum absolute atomic E-state index is 0.0819. The molecule has 140 valence electrons. The summed E-state index contributed by atoms with van der Waals surface area (Å²) in [6.45, 7) is -0.0819. The molecule has 0 aliphatic heterocycles. The zero-order valence-corrected chi connectivity index (χ0v) is 13.7. The van der Waals surface area contributed by atoms with Gasteiger partial charge in [0.1, 0.15) is 11.5 Å². The van der Waals surface area contributed by atoms with Crippen LogP contribution in [-0.2, 0) is 0 Å². The third kappa shape index (κ3) is 5.85. The van der Waals surface area contributed by atoms with Crippen LogP contribution in [0.2, 0.25) is 0 Å². The third-order valence-electron chi connectivity index (χ3n) is 3.30. The van der Waals surface area contributed by atoms with Crippen molar-refractivity contribution in [2.75, 3.05) is 19.0 Å². The molecule has 0 bridgehead atoms. The largest absolute Gasteiger partial charge is 0.573 e. The number of methoxy groups -OCH3 is 1. The fraction of sp³-hybridized carbons (Fsp3) is 0.235. The van der Waals surface area contributed by atoms with E-state index in [9.17, 15) is 23.1 Å². The van der Waals surface area contributed by atoms with E-state index in [1.165, 1.54) is 19.2 Å². The number of rotatable bonds is 6. The molecule has 0 aliphatic carbocycles. The molecule has 0 saturated carbocycles. The zero-order valence-electron chi connectivity index (χ0n) is 13.7. The molecule has 0 aliphatic rings. The summed E-state index contributed by atoms with van der Waals surface area (Å²) < 4.78 is 45.1. The van der Waals surface area contributed by atoms with Crippen LogP contribution >= 0.6 is 0 Å². The van der Waals surface area contributed by atoms with E-state index in [1.807, 2.05) is 0 Å². The molecule has 0 fully saturated rings. The van der Waals surface area contributed by atoms with Crippen molar-refractivity contribution < 1.29 is 32.5 Å². The van der Waals surface area contributed by atoms with Crippen LogP contribution in [0, 0.1) is 0 Å². The number of hydrogen-bond acceptors (Lipinski definition) is 4. The van der Waals surface area contributed by atoms with E-state index in [1.54, 1.807) is 24.3 Å². The van der Waals surface area contributed by atoms with Gasteiger partial charge in [0.15, 0.2) is 0 Å². The Morgan fingerprint density at radius 3 is 2.42 bits per heavy atom. The molecule has 2 amide bonds. The Hall–Kier alpha value is -2.94. The zero-order chi connectivity index (χ0) is 19.2. The highest BCUT2D eigenvalue weighted by molar-refractivity contribution is 5.89. The molecule has 1 atom stereocenters. The first kappa shape index (κ1) is 19.4. The van der Waals surface area contributed by atoms with Gasteiger partial charge in [0.2, 0.25) is 0 Å². The van der Waals surface area contributed by atoms with E-state index < -0.39 is 24.2 Å². The summed E-state index contributed by atoms with van der Waals surface area (Å²) in [4.78, 5) is 11.8. The molecule has 2 rings (SSSR count). The normalized spacial score (nSPS) is 12.2. The Morgan fingerprint density at radius 2 is 1.81 bits per heavy atom. The smallest absolute Gasteiger partial charge is 0.496 e. The summed E-state index contributed by atoms with van der Waals surface area (Å²) in [5.41, 5.74) is 0.785. The van der Waals surface area contributed by atoms with Gasteiger partial charge < -0.3 is 25.2 Å². The minimum atomic E-state index is -4.78. The van der Waals surface area contributed by atoms with Crippen LogP contribution in [0.4, 0.5) is 23.7 Å². The van der Waals surface area contributed by atoms with Gasteiger partial charge in [-0.3, -0.25) is 0 Å². The predicted molar refractivity (Wildman–Crippen MR) is 88.1 cm³/mol. The molecule has 2 aromatic carbocycles. The molecule has 0 aromatic heterocycles. The Balaban J connectivity index is 1.87. The number of nitrogens with one attached hydrogen (secondary N) is 2. The fourth-order valence-electron chi connectivity index (χ4n) is 2.16. The Bertz CT molecular complexity index is 736. The third-order valence-corrected chi connectivity index (χ3v) is 3.30. The van der Waals surface area contributed by atoms with Crippen molar-refractivity contribution in [3.8, 4) is 11.5 Å². The molecule has 0 heterocycles. The number of urea groups is 1. The van der Waals surface area contributed by atoms with E-state index in [0.717, 1.165) is 12.1 Å². The topological polar surface area (TPSA) is 79.8 Å². The van der Waals surface area contributed by atoms with Gasteiger partial charge in [0.05, 0.1) is 13.2 Å². The molecule has 3 N–H and O–H groups in total. The second-order valence-electron chi connectivity index (χ2n) is 5.16. The standard InChI is InChI=1S/C17H17F3N2O4/c1-25-15-5-3-2-4-13(15)14(23)10-21-16(24)22-11-6-8-12(9-7-11)26-17(18,19)20/h2-9,14,23H,10H2,1H3,(H2,21,22,24)/t14-/m1/s1.